The highest BCUT2D eigenvalue weighted by Gasteiger charge is 2.73. The Labute approximate surface area is 146 Å². The topological polar surface area (TPSA) is 38.7 Å². The van der Waals surface area contributed by atoms with Crippen molar-refractivity contribution in [2.45, 2.75) is 78.1 Å². The summed E-state index contributed by atoms with van der Waals surface area (Å²) >= 11 is 0. The number of hydrogen-bond donors (Lipinski definition) is 1. The summed E-state index contributed by atoms with van der Waals surface area (Å²) in [7, 11) is 1.81. The number of aliphatic hydroxyl groups is 1. The van der Waals surface area contributed by atoms with Gasteiger partial charge in [-0.1, -0.05) is 26.8 Å². The number of rotatable bonds is 1. The summed E-state index contributed by atoms with van der Waals surface area (Å²) in [5, 5.41) is 11.4. The maximum absolute atomic E-state index is 11.4. The van der Waals surface area contributed by atoms with Crippen LogP contribution in [-0.2, 0) is 9.47 Å². The average molecular weight is 335 g/mol. The fourth-order valence-electron chi connectivity index (χ4n) is 7.42. The van der Waals surface area contributed by atoms with Crippen molar-refractivity contribution in [1.82, 2.24) is 0 Å². The molecular formula is C21H34O3. The predicted octanol–water partition coefficient (Wildman–Crippen LogP) is 4.30. The van der Waals surface area contributed by atoms with E-state index in [0.717, 1.165) is 44.3 Å². The second kappa shape index (κ2) is 4.66. The zero-order chi connectivity index (χ0) is 17.6. The zero-order valence-corrected chi connectivity index (χ0v) is 16.2. The normalized spacial score (nSPS) is 55.5. The van der Waals surface area contributed by atoms with Crippen LogP contribution in [0.2, 0.25) is 0 Å². The highest BCUT2D eigenvalue weighted by Crippen LogP contribution is 2.73. The van der Waals surface area contributed by atoms with Crippen LogP contribution in [0.5, 0.6) is 0 Å². The van der Waals surface area contributed by atoms with Gasteiger partial charge in [-0.25, -0.2) is 0 Å². The quantitative estimate of drug-likeness (QED) is 0.727. The van der Waals surface area contributed by atoms with Crippen LogP contribution >= 0.6 is 0 Å². The molecule has 24 heavy (non-hydrogen) atoms. The van der Waals surface area contributed by atoms with Crippen molar-refractivity contribution in [2.75, 3.05) is 13.7 Å². The van der Waals surface area contributed by atoms with Crippen LogP contribution in [0, 0.1) is 28.1 Å². The standard InChI is InChI=1S/C21H34O3/c1-14-7-8-16-18(4,19(14,5)22)10-9-15-17(2,3)21(23-6)12-11-20(15,16)13-24-21/h7,15-16,22H,8-13H2,1-6H3/t15-,16-,18+,19+,20+,21-/m0/s1. The van der Waals surface area contributed by atoms with Crippen molar-refractivity contribution in [3.63, 3.8) is 0 Å². The van der Waals surface area contributed by atoms with Crippen LogP contribution in [0.25, 0.3) is 0 Å². The molecule has 0 aromatic heterocycles. The first-order valence-corrected chi connectivity index (χ1v) is 9.66. The highest BCUT2D eigenvalue weighted by molar-refractivity contribution is 5.29. The maximum atomic E-state index is 11.4. The number of hydrogen-bond acceptors (Lipinski definition) is 3. The molecule has 3 heteroatoms. The van der Waals surface area contributed by atoms with Crippen molar-refractivity contribution in [3.8, 4) is 0 Å². The van der Waals surface area contributed by atoms with Crippen LogP contribution in [-0.4, -0.2) is 30.2 Å². The first kappa shape index (κ1) is 17.1. The monoisotopic (exact) mass is 334 g/mol. The Morgan fingerprint density at radius 3 is 2.42 bits per heavy atom. The Bertz CT molecular complexity index is 580. The third kappa shape index (κ3) is 1.61. The summed E-state index contributed by atoms with van der Waals surface area (Å²) < 4.78 is 12.4. The molecular weight excluding hydrogens is 300 g/mol. The number of allylic oxidation sites excluding steroid dienone is 1. The molecule has 1 spiro atoms. The lowest BCUT2D eigenvalue weighted by Crippen LogP contribution is -2.73. The van der Waals surface area contributed by atoms with Gasteiger partial charge in [-0.3, -0.25) is 0 Å². The lowest BCUT2D eigenvalue weighted by atomic mass is 9.37. The van der Waals surface area contributed by atoms with E-state index in [1.165, 1.54) is 0 Å². The van der Waals surface area contributed by atoms with E-state index < -0.39 is 11.4 Å². The zero-order valence-electron chi connectivity index (χ0n) is 16.2. The molecule has 0 aromatic rings. The first-order valence-electron chi connectivity index (χ1n) is 9.66. The van der Waals surface area contributed by atoms with Gasteiger partial charge in [-0.05, 0) is 56.9 Å². The molecule has 2 aliphatic heterocycles. The van der Waals surface area contributed by atoms with Crippen molar-refractivity contribution < 1.29 is 14.6 Å². The molecule has 5 aliphatic rings. The van der Waals surface area contributed by atoms with Gasteiger partial charge in [0.05, 0.1) is 12.2 Å². The molecule has 0 amide bonds. The molecule has 4 fully saturated rings. The first-order chi connectivity index (χ1) is 11.1. The molecule has 0 radical (unpaired) electrons. The van der Waals surface area contributed by atoms with Gasteiger partial charge < -0.3 is 14.6 Å². The molecule has 2 bridgehead atoms. The SMILES string of the molecule is CO[C@@]12CC[C@]3(CO1)[C@H]1CC=C(C)[C@@](C)(O)[C@]1(C)CC[C@H]3C2(C)C. The van der Waals surface area contributed by atoms with Gasteiger partial charge in [0.25, 0.3) is 0 Å². The molecule has 2 heterocycles. The second-order valence-corrected chi connectivity index (χ2v) is 9.96. The van der Waals surface area contributed by atoms with Gasteiger partial charge in [0.15, 0.2) is 5.79 Å². The van der Waals surface area contributed by atoms with Crippen LogP contribution in [0.4, 0.5) is 0 Å². The Hall–Kier alpha value is -0.380. The van der Waals surface area contributed by atoms with Crippen LogP contribution in [0.15, 0.2) is 11.6 Å². The summed E-state index contributed by atoms with van der Waals surface area (Å²) in [4.78, 5) is 0. The van der Waals surface area contributed by atoms with E-state index in [1.54, 1.807) is 0 Å². The summed E-state index contributed by atoms with van der Waals surface area (Å²) in [5.74, 6) is 0.667. The molecule has 0 unspecified atom stereocenters. The van der Waals surface area contributed by atoms with Crippen LogP contribution in [0.3, 0.4) is 0 Å². The lowest BCUT2D eigenvalue weighted by Gasteiger charge is -2.73. The molecule has 3 nitrogen and oxygen atoms in total. The third-order valence-electron chi connectivity index (χ3n) is 9.33. The van der Waals surface area contributed by atoms with E-state index in [0.29, 0.717) is 11.8 Å². The largest absolute Gasteiger partial charge is 0.385 e. The third-order valence-corrected chi connectivity index (χ3v) is 9.33. The van der Waals surface area contributed by atoms with Crippen molar-refractivity contribution in [2.24, 2.45) is 28.1 Å². The smallest absolute Gasteiger partial charge is 0.173 e. The minimum atomic E-state index is -0.715. The number of ether oxygens (including phenoxy) is 2. The van der Waals surface area contributed by atoms with E-state index >= 15 is 0 Å². The Balaban J connectivity index is 1.83. The molecule has 3 aliphatic carbocycles. The molecule has 6 atom stereocenters. The predicted molar refractivity (Wildman–Crippen MR) is 94.5 cm³/mol. The number of fused-ring (bicyclic) bond motifs is 3. The molecule has 2 saturated carbocycles. The van der Waals surface area contributed by atoms with Crippen molar-refractivity contribution >= 4 is 0 Å². The van der Waals surface area contributed by atoms with Crippen LogP contribution < -0.4 is 0 Å². The summed E-state index contributed by atoms with van der Waals surface area (Å²) in [6, 6.07) is 0. The summed E-state index contributed by atoms with van der Waals surface area (Å²) in [6.07, 6.45) is 7.77. The van der Waals surface area contributed by atoms with Crippen LogP contribution in [0.1, 0.15) is 66.7 Å². The van der Waals surface area contributed by atoms with E-state index in [2.05, 4.69) is 33.8 Å². The minimum Gasteiger partial charge on any atom is -0.385 e. The van der Waals surface area contributed by atoms with Gasteiger partial charge >= 0.3 is 0 Å². The fraction of sp³-hybridized carbons (Fsp3) is 0.905. The van der Waals surface area contributed by atoms with E-state index in [9.17, 15) is 5.11 Å². The van der Waals surface area contributed by atoms with Gasteiger partial charge in [0.2, 0.25) is 0 Å². The Morgan fingerprint density at radius 2 is 1.83 bits per heavy atom. The molecule has 0 aromatic carbocycles. The molecule has 2 saturated heterocycles. The van der Waals surface area contributed by atoms with E-state index in [-0.39, 0.29) is 16.2 Å². The van der Waals surface area contributed by atoms with Gasteiger partial charge in [-0.2, -0.15) is 0 Å². The van der Waals surface area contributed by atoms with Gasteiger partial charge in [0.1, 0.15) is 0 Å². The average Bonchev–Trinajstić information content (AvgIpc) is 2.53. The van der Waals surface area contributed by atoms with E-state index in [1.807, 2.05) is 14.0 Å². The number of methoxy groups -OCH3 is 1. The second-order valence-electron chi connectivity index (χ2n) is 9.96. The van der Waals surface area contributed by atoms with Gasteiger partial charge in [-0.15, -0.1) is 0 Å². The van der Waals surface area contributed by atoms with Gasteiger partial charge in [0, 0.05) is 29.8 Å². The maximum Gasteiger partial charge on any atom is 0.173 e. The lowest BCUT2D eigenvalue weighted by molar-refractivity contribution is -0.402. The fourth-order valence-corrected chi connectivity index (χ4v) is 7.42. The van der Waals surface area contributed by atoms with Crippen molar-refractivity contribution in [3.05, 3.63) is 11.6 Å². The molecule has 5 rings (SSSR count). The molecule has 1 N–H and O–H groups in total. The minimum absolute atomic E-state index is 0.0155. The summed E-state index contributed by atoms with van der Waals surface area (Å²) in [5.41, 5.74) is 0.563. The Morgan fingerprint density at radius 1 is 1.12 bits per heavy atom. The van der Waals surface area contributed by atoms with E-state index in [4.69, 9.17) is 9.47 Å². The highest BCUT2D eigenvalue weighted by atomic mass is 16.7. The Kier molecular flexibility index (Phi) is 3.31. The summed E-state index contributed by atoms with van der Waals surface area (Å²) in [6.45, 7) is 12.0. The molecule has 136 valence electrons. The van der Waals surface area contributed by atoms with Crippen molar-refractivity contribution in [1.29, 1.82) is 0 Å².